The van der Waals surface area contributed by atoms with E-state index >= 15 is 0 Å². The Kier molecular flexibility index (Phi) is 2.88. The van der Waals surface area contributed by atoms with Crippen molar-refractivity contribution in [2.75, 3.05) is 13.7 Å². The van der Waals surface area contributed by atoms with Crippen LogP contribution in [0, 0.1) is 5.92 Å². The smallest absolute Gasteiger partial charge is 0.334 e. The van der Waals surface area contributed by atoms with E-state index in [0.717, 1.165) is 12.8 Å². The van der Waals surface area contributed by atoms with Crippen LogP contribution in [0.5, 0.6) is 0 Å². The number of carbonyl (C=O) groups excluding carboxylic acids is 1. The summed E-state index contributed by atoms with van der Waals surface area (Å²) >= 11 is 0. The van der Waals surface area contributed by atoms with E-state index in [1.165, 1.54) is 7.11 Å². The van der Waals surface area contributed by atoms with Gasteiger partial charge in [0.15, 0.2) is 6.10 Å². The fraction of sp³-hybridized carbons (Fsp3) is 0.875. The summed E-state index contributed by atoms with van der Waals surface area (Å²) in [4.78, 5) is 10.9. The van der Waals surface area contributed by atoms with Crippen molar-refractivity contribution in [1.82, 2.24) is 0 Å². The molecule has 1 heterocycles. The lowest BCUT2D eigenvalue weighted by molar-refractivity contribution is -0.158. The summed E-state index contributed by atoms with van der Waals surface area (Å²) in [5.41, 5.74) is 0. The number of esters is 1. The molecule has 0 N–H and O–H groups in total. The van der Waals surface area contributed by atoms with Crippen molar-refractivity contribution >= 4 is 5.97 Å². The summed E-state index contributed by atoms with van der Waals surface area (Å²) in [5.74, 6) is 0.341. The van der Waals surface area contributed by atoms with E-state index in [-0.39, 0.29) is 12.1 Å². The van der Waals surface area contributed by atoms with Gasteiger partial charge in [0.25, 0.3) is 0 Å². The molecule has 64 valence electrons. The maximum Gasteiger partial charge on any atom is 0.334 e. The van der Waals surface area contributed by atoms with Crippen LogP contribution in [0.2, 0.25) is 0 Å². The van der Waals surface area contributed by atoms with E-state index in [9.17, 15) is 4.79 Å². The highest BCUT2D eigenvalue weighted by Crippen LogP contribution is 2.18. The summed E-state index contributed by atoms with van der Waals surface area (Å²) in [5, 5.41) is 0. The Morgan fingerprint density at radius 3 is 2.73 bits per heavy atom. The van der Waals surface area contributed by atoms with Crippen molar-refractivity contribution in [3.8, 4) is 0 Å². The first-order valence-corrected chi connectivity index (χ1v) is 3.93. The zero-order valence-corrected chi connectivity index (χ0v) is 7.00. The van der Waals surface area contributed by atoms with Gasteiger partial charge >= 0.3 is 5.97 Å². The molecule has 2 atom stereocenters. The van der Waals surface area contributed by atoms with Crippen molar-refractivity contribution < 1.29 is 14.3 Å². The fourth-order valence-corrected chi connectivity index (χ4v) is 1.20. The molecule has 1 aliphatic heterocycles. The number of hydrogen-bond acceptors (Lipinski definition) is 3. The van der Waals surface area contributed by atoms with Crippen molar-refractivity contribution in [3.63, 3.8) is 0 Å². The summed E-state index contributed by atoms with van der Waals surface area (Å²) < 4.78 is 9.83. The first-order valence-electron chi connectivity index (χ1n) is 3.93. The summed E-state index contributed by atoms with van der Waals surface area (Å²) in [6, 6.07) is 0. The second kappa shape index (κ2) is 3.72. The van der Waals surface area contributed by atoms with Gasteiger partial charge in [-0.3, -0.25) is 0 Å². The van der Waals surface area contributed by atoms with E-state index < -0.39 is 0 Å². The molecule has 0 saturated carbocycles. The van der Waals surface area contributed by atoms with Crippen LogP contribution in [0.15, 0.2) is 0 Å². The third-order valence-electron chi connectivity index (χ3n) is 1.97. The number of rotatable bonds is 1. The predicted octanol–water partition coefficient (Wildman–Crippen LogP) is 0.974. The lowest BCUT2D eigenvalue weighted by atomic mass is 10.0. The Balaban J connectivity index is 2.33. The average Bonchev–Trinajstić information content (AvgIpc) is 2.05. The zero-order chi connectivity index (χ0) is 8.27. The molecule has 0 aromatic rings. The van der Waals surface area contributed by atoms with Crippen LogP contribution in [-0.4, -0.2) is 25.8 Å². The Labute approximate surface area is 66.7 Å². The van der Waals surface area contributed by atoms with E-state index in [2.05, 4.69) is 11.7 Å². The minimum Gasteiger partial charge on any atom is -0.467 e. The molecule has 11 heavy (non-hydrogen) atoms. The van der Waals surface area contributed by atoms with Crippen molar-refractivity contribution in [1.29, 1.82) is 0 Å². The van der Waals surface area contributed by atoms with Gasteiger partial charge in [0, 0.05) is 0 Å². The van der Waals surface area contributed by atoms with Crippen LogP contribution in [0.4, 0.5) is 0 Å². The quantitative estimate of drug-likeness (QED) is 0.533. The highest BCUT2D eigenvalue weighted by Gasteiger charge is 2.25. The lowest BCUT2D eigenvalue weighted by Crippen LogP contribution is -2.32. The van der Waals surface area contributed by atoms with Gasteiger partial charge < -0.3 is 9.47 Å². The Bertz CT molecular complexity index is 136. The topological polar surface area (TPSA) is 35.5 Å². The summed E-state index contributed by atoms with van der Waals surface area (Å²) in [6.07, 6.45) is 1.55. The second-order valence-electron chi connectivity index (χ2n) is 3.03. The second-order valence-corrected chi connectivity index (χ2v) is 3.03. The van der Waals surface area contributed by atoms with Crippen LogP contribution in [0.1, 0.15) is 19.8 Å². The summed E-state index contributed by atoms with van der Waals surface area (Å²) in [6.45, 7) is 2.80. The van der Waals surface area contributed by atoms with Crippen LogP contribution < -0.4 is 0 Å². The predicted molar refractivity (Wildman–Crippen MR) is 40.2 cm³/mol. The van der Waals surface area contributed by atoms with Gasteiger partial charge in [-0.25, -0.2) is 4.79 Å². The molecule has 0 bridgehead atoms. The minimum absolute atomic E-state index is 0.239. The van der Waals surface area contributed by atoms with Crippen molar-refractivity contribution in [2.24, 2.45) is 5.92 Å². The number of hydrogen-bond donors (Lipinski definition) is 0. The zero-order valence-electron chi connectivity index (χ0n) is 7.00. The highest BCUT2D eigenvalue weighted by molar-refractivity contribution is 5.74. The molecule has 1 saturated heterocycles. The molecule has 0 aliphatic carbocycles. The van der Waals surface area contributed by atoms with Gasteiger partial charge in [0.2, 0.25) is 0 Å². The SMILES string of the molecule is COC(=O)[C@@H]1CC[C@@H](C)CO1. The van der Waals surface area contributed by atoms with Crippen LogP contribution in [-0.2, 0) is 14.3 Å². The van der Waals surface area contributed by atoms with Gasteiger partial charge in [-0.1, -0.05) is 6.92 Å². The lowest BCUT2D eigenvalue weighted by Gasteiger charge is -2.24. The molecule has 3 heteroatoms. The van der Waals surface area contributed by atoms with Gasteiger partial charge in [-0.2, -0.15) is 0 Å². The molecule has 1 rings (SSSR count). The van der Waals surface area contributed by atoms with Gasteiger partial charge in [-0.15, -0.1) is 0 Å². The van der Waals surface area contributed by atoms with Crippen molar-refractivity contribution in [2.45, 2.75) is 25.9 Å². The molecule has 1 aliphatic rings. The number of ether oxygens (including phenoxy) is 2. The maximum absolute atomic E-state index is 10.9. The van der Waals surface area contributed by atoms with E-state index in [4.69, 9.17) is 4.74 Å². The molecule has 0 aromatic carbocycles. The Morgan fingerprint density at radius 1 is 1.55 bits per heavy atom. The Morgan fingerprint density at radius 2 is 2.27 bits per heavy atom. The first kappa shape index (κ1) is 8.53. The first-order chi connectivity index (χ1) is 5.24. The van der Waals surface area contributed by atoms with E-state index in [0.29, 0.717) is 12.5 Å². The standard InChI is InChI=1S/C8H14O3/c1-6-3-4-7(11-5-6)8(9)10-2/h6-7H,3-5H2,1-2H3/t6-,7+/m1/s1. The van der Waals surface area contributed by atoms with Crippen LogP contribution in [0.25, 0.3) is 0 Å². The van der Waals surface area contributed by atoms with Gasteiger partial charge in [0.1, 0.15) is 0 Å². The van der Waals surface area contributed by atoms with Crippen LogP contribution >= 0.6 is 0 Å². The van der Waals surface area contributed by atoms with Crippen LogP contribution in [0.3, 0.4) is 0 Å². The third kappa shape index (κ3) is 2.19. The van der Waals surface area contributed by atoms with E-state index in [1.54, 1.807) is 0 Å². The maximum atomic E-state index is 10.9. The normalized spacial score (nSPS) is 31.5. The third-order valence-corrected chi connectivity index (χ3v) is 1.97. The van der Waals surface area contributed by atoms with Gasteiger partial charge in [0.05, 0.1) is 13.7 Å². The molecule has 0 unspecified atom stereocenters. The molecule has 0 spiro atoms. The Hall–Kier alpha value is -0.570. The number of methoxy groups -OCH3 is 1. The highest BCUT2D eigenvalue weighted by atomic mass is 16.6. The average molecular weight is 158 g/mol. The van der Waals surface area contributed by atoms with Gasteiger partial charge in [-0.05, 0) is 18.8 Å². The molecule has 1 fully saturated rings. The molecule has 0 aromatic heterocycles. The minimum atomic E-state index is -0.309. The van der Waals surface area contributed by atoms with E-state index in [1.807, 2.05) is 0 Å². The molecular weight excluding hydrogens is 144 g/mol. The molecular formula is C8H14O3. The number of carbonyl (C=O) groups is 1. The molecule has 3 nitrogen and oxygen atoms in total. The largest absolute Gasteiger partial charge is 0.467 e. The molecule has 0 radical (unpaired) electrons. The summed E-state index contributed by atoms with van der Waals surface area (Å²) in [7, 11) is 1.39. The monoisotopic (exact) mass is 158 g/mol. The van der Waals surface area contributed by atoms with Crippen molar-refractivity contribution in [3.05, 3.63) is 0 Å². The fourth-order valence-electron chi connectivity index (χ4n) is 1.20. The molecule has 0 amide bonds.